The number of hydrazone groups is 1. The summed E-state index contributed by atoms with van der Waals surface area (Å²) in [4.78, 5) is 0. The molecule has 0 bridgehead atoms. The molecule has 2 N–H and O–H groups in total. The van der Waals surface area contributed by atoms with E-state index in [1.54, 1.807) is 0 Å². The second-order valence-corrected chi connectivity index (χ2v) is 1.50. The molecular weight excluding hydrogens is 92.1 g/mol. The number of hydrogen-bond donors (Lipinski definition) is 1. The molecule has 0 aliphatic carbocycles. The summed E-state index contributed by atoms with van der Waals surface area (Å²) < 4.78 is 4.94. The van der Waals surface area contributed by atoms with Crippen LogP contribution in [-0.4, -0.2) is 18.9 Å². The molecule has 1 saturated heterocycles. The molecule has 0 saturated carbocycles. The SMILES string of the molecule is NN=C1CCOC1. The van der Waals surface area contributed by atoms with Gasteiger partial charge in [-0.25, -0.2) is 0 Å². The van der Waals surface area contributed by atoms with Gasteiger partial charge in [0.05, 0.1) is 18.9 Å². The number of nitrogens with zero attached hydrogens (tertiary/aromatic N) is 1. The minimum Gasteiger partial charge on any atom is -0.375 e. The van der Waals surface area contributed by atoms with Crippen LogP contribution in [0.1, 0.15) is 6.42 Å². The highest BCUT2D eigenvalue weighted by Gasteiger charge is 2.06. The molecule has 7 heavy (non-hydrogen) atoms. The van der Waals surface area contributed by atoms with Gasteiger partial charge in [0, 0.05) is 6.42 Å². The molecule has 0 atom stereocenters. The van der Waals surface area contributed by atoms with Crippen LogP contribution in [-0.2, 0) is 4.74 Å². The fourth-order valence-corrected chi connectivity index (χ4v) is 0.554. The van der Waals surface area contributed by atoms with E-state index in [4.69, 9.17) is 10.6 Å². The summed E-state index contributed by atoms with van der Waals surface area (Å²) in [6.07, 6.45) is 0.913. The van der Waals surface area contributed by atoms with Gasteiger partial charge in [0.1, 0.15) is 0 Å². The summed E-state index contributed by atoms with van der Waals surface area (Å²) in [6.45, 7) is 1.42. The van der Waals surface area contributed by atoms with Gasteiger partial charge in [-0.15, -0.1) is 0 Å². The molecular formula is C4H8N2O. The minimum absolute atomic E-state index is 0.635. The Morgan fingerprint density at radius 3 is 2.86 bits per heavy atom. The zero-order valence-electron chi connectivity index (χ0n) is 4.05. The molecule has 3 nitrogen and oxygen atoms in total. The number of rotatable bonds is 0. The molecule has 1 aliphatic rings. The van der Waals surface area contributed by atoms with E-state index >= 15 is 0 Å². The van der Waals surface area contributed by atoms with Gasteiger partial charge in [0.15, 0.2) is 0 Å². The highest BCUT2D eigenvalue weighted by atomic mass is 16.5. The molecule has 0 radical (unpaired) electrons. The van der Waals surface area contributed by atoms with Gasteiger partial charge in [0.25, 0.3) is 0 Å². The Kier molecular flexibility index (Phi) is 1.26. The Balaban J connectivity index is 2.41. The number of hydrogen-bond acceptors (Lipinski definition) is 3. The molecule has 1 heterocycles. The smallest absolute Gasteiger partial charge is 0.0867 e. The van der Waals surface area contributed by atoms with Crippen molar-refractivity contribution in [2.45, 2.75) is 6.42 Å². The Morgan fingerprint density at radius 2 is 2.57 bits per heavy atom. The second-order valence-electron chi connectivity index (χ2n) is 1.50. The quantitative estimate of drug-likeness (QED) is 0.336. The first-order valence-electron chi connectivity index (χ1n) is 2.27. The average molecular weight is 100 g/mol. The van der Waals surface area contributed by atoms with Gasteiger partial charge in [-0.1, -0.05) is 0 Å². The van der Waals surface area contributed by atoms with E-state index in [1.807, 2.05) is 0 Å². The highest BCUT2D eigenvalue weighted by molar-refractivity contribution is 5.86. The van der Waals surface area contributed by atoms with Gasteiger partial charge >= 0.3 is 0 Å². The molecule has 1 rings (SSSR count). The predicted octanol–water partition coefficient (Wildman–Crippen LogP) is -0.279. The van der Waals surface area contributed by atoms with E-state index in [9.17, 15) is 0 Å². The first-order chi connectivity index (χ1) is 3.43. The number of nitrogens with two attached hydrogens (primary N) is 1. The summed E-state index contributed by atoms with van der Waals surface area (Å²) in [5, 5.41) is 3.48. The maximum atomic E-state index is 4.94. The van der Waals surface area contributed by atoms with Gasteiger partial charge in [-0.05, 0) is 0 Å². The Morgan fingerprint density at radius 1 is 1.71 bits per heavy atom. The molecule has 0 aromatic carbocycles. The van der Waals surface area contributed by atoms with Crippen LogP contribution < -0.4 is 5.84 Å². The average Bonchev–Trinajstić information content (AvgIpc) is 2.14. The van der Waals surface area contributed by atoms with Crippen LogP contribution in [0.15, 0.2) is 5.10 Å². The van der Waals surface area contributed by atoms with Crippen LogP contribution in [0.25, 0.3) is 0 Å². The maximum Gasteiger partial charge on any atom is 0.0867 e. The van der Waals surface area contributed by atoms with Crippen LogP contribution in [0, 0.1) is 0 Å². The van der Waals surface area contributed by atoms with E-state index in [2.05, 4.69) is 5.10 Å². The van der Waals surface area contributed by atoms with Gasteiger partial charge < -0.3 is 10.6 Å². The summed E-state index contributed by atoms with van der Waals surface area (Å²) in [5.41, 5.74) is 0.972. The Labute approximate surface area is 42.1 Å². The lowest BCUT2D eigenvalue weighted by Crippen LogP contribution is -1.99. The molecule has 3 heteroatoms. The fraction of sp³-hybridized carbons (Fsp3) is 0.750. The van der Waals surface area contributed by atoms with E-state index in [0.29, 0.717) is 6.61 Å². The summed E-state index contributed by atoms with van der Waals surface area (Å²) in [5.74, 6) is 4.94. The topological polar surface area (TPSA) is 47.6 Å². The van der Waals surface area contributed by atoms with Crippen LogP contribution >= 0.6 is 0 Å². The monoisotopic (exact) mass is 100 g/mol. The third-order valence-corrected chi connectivity index (χ3v) is 0.986. The van der Waals surface area contributed by atoms with Crippen molar-refractivity contribution in [2.75, 3.05) is 13.2 Å². The molecule has 0 aromatic heterocycles. The lowest BCUT2D eigenvalue weighted by molar-refractivity contribution is 0.209. The molecule has 0 unspecified atom stereocenters. The number of ether oxygens (including phenoxy) is 1. The standard InChI is InChI=1S/C4H8N2O/c5-6-4-1-2-7-3-4/h1-3,5H2. The van der Waals surface area contributed by atoms with Crippen molar-refractivity contribution in [1.29, 1.82) is 0 Å². The predicted molar refractivity (Wildman–Crippen MR) is 27.1 cm³/mol. The van der Waals surface area contributed by atoms with Crippen LogP contribution in [0.5, 0.6) is 0 Å². The third kappa shape index (κ3) is 0.899. The first kappa shape index (κ1) is 4.59. The third-order valence-electron chi connectivity index (χ3n) is 0.986. The first-order valence-corrected chi connectivity index (χ1v) is 2.27. The van der Waals surface area contributed by atoms with E-state index in [-0.39, 0.29) is 0 Å². The van der Waals surface area contributed by atoms with Crippen molar-refractivity contribution >= 4 is 5.71 Å². The van der Waals surface area contributed by atoms with E-state index in [1.165, 1.54) is 0 Å². The zero-order chi connectivity index (χ0) is 5.11. The van der Waals surface area contributed by atoms with Crippen molar-refractivity contribution in [1.82, 2.24) is 0 Å². The Bertz CT molecular complexity index is 81.7. The second kappa shape index (κ2) is 1.93. The van der Waals surface area contributed by atoms with Gasteiger partial charge in [0.2, 0.25) is 0 Å². The fourth-order valence-electron chi connectivity index (χ4n) is 0.554. The molecule has 40 valence electrons. The van der Waals surface area contributed by atoms with Crippen molar-refractivity contribution in [3.63, 3.8) is 0 Å². The van der Waals surface area contributed by atoms with Crippen LogP contribution in [0.2, 0.25) is 0 Å². The molecule has 0 amide bonds. The van der Waals surface area contributed by atoms with Gasteiger partial charge in [-0.3, -0.25) is 0 Å². The highest BCUT2D eigenvalue weighted by Crippen LogP contribution is 1.96. The van der Waals surface area contributed by atoms with Crippen molar-refractivity contribution < 1.29 is 4.74 Å². The van der Waals surface area contributed by atoms with Crippen LogP contribution in [0.3, 0.4) is 0 Å². The summed E-state index contributed by atoms with van der Waals surface area (Å²) >= 11 is 0. The lowest BCUT2D eigenvalue weighted by atomic mass is 10.3. The maximum absolute atomic E-state index is 4.94. The normalized spacial score (nSPS) is 26.6. The zero-order valence-corrected chi connectivity index (χ0v) is 4.05. The van der Waals surface area contributed by atoms with Crippen molar-refractivity contribution in [3.05, 3.63) is 0 Å². The Hall–Kier alpha value is -0.570. The molecule has 1 aliphatic heterocycles. The van der Waals surface area contributed by atoms with Crippen molar-refractivity contribution in [3.8, 4) is 0 Å². The van der Waals surface area contributed by atoms with E-state index in [0.717, 1.165) is 18.7 Å². The van der Waals surface area contributed by atoms with E-state index < -0.39 is 0 Å². The van der Waals surface area contributed by atoms with Crippen LogP contribution in [0.4, 0.5) is 0 Å². The largest absolute Gasteiger partial charge is 0.375 e. The summed E-state index contributed by atoms with van der Waals surface area (Å²) in [6, 6.07) is 0. The lowest BCUT2D eigenvalue weighted by Gasteiger charge is -1.82. The van der Waals surface area contributed by atoms with Gasteiger partial charge in [-0.2, -0.15) is 5.10 Å². The molecule has 0 spiro atoms. The minimum atomic E-state index is 0.635. The summed E-state index contributed by atoms with van der Waals surface area (Å²) in [7, 11) is 0. The van der Waals surface area contributed by atoms with Crippen molar-refractivity contribution in [2.24, 2.45) is 10.9 Å². The molecule has 1 fully saturated rings. The molecule has 0 aromatic rings.